The number of nitrogens with two attached hydrogens (primary N) is 1. The van der Waals surface area contributed by atoms with Crippen LogP contribution >= 0.6 is 0 Å². The molecule has 0 spiro atoms. The quantitative estimate of drug-likeness (QED) is 0.775. The van der Waals surface area contributed by atoms with E-state index in [1.807, 2.05) is 49.4 Å². The molecule has 2 aliphatic rings. The fraction of sp³-hybridized carbons (Fsp3) is 0.250. The van der Waals surface area contributed by atoms with Gasteiger partial charge in [-0.15, -0.1) is 0 Å². The van der Waals surface area contributed by atoms with E-state index in [4.69, 9.17) is 10.4 Å². The Balaban J connectivity index is 1.85. The molecular weight excluding hydrogens is 277 g/mol. The van der Waals surface area contributed by atoms with Gasteiger partial charge in [-0.2, -0.15) is 10.2 Å². The van der Waals surface area contributed by atoms with E-state index in [2.05, 4.69) is 10.2 Å². The van der Waals surface area contributed by atoms with Crippen molar-refractivity contribution in [3.8, 4) is 0 Å². The highest BCUT2D eigenvalue weighted by Crippen LogP contribution is 2.47. The Morgan fingerprint density at radius 1 is 1.36 bits per heavy atom. The average molecular weight is 293 g/mol. The monoisotopic (exact) mass is 293 g/mol. The van der Waals surface area contributed by atoms with Gasteiger partial charge in [0.25, 0.3) is 0 Å². The summed E-state index contributed by atoms with van der Waals surface area (Å²) in [5, 5.41) is 19.3. The first-order valence-electron chi connectivity index (χ1n) is 7.31. The highest BCUT2D eigenvalue weighted by atomic mass is 16.5. The topological polar surface area (TPSA) is 81.3 Å². The normalized spacial score (nSPS) is 30.5. The van der Waals surface area contributed by atoms with Crippen LogP contribution in [0.5, 0.6) is 0 Å². The molecule has 2 aromatic rings. The molecule has 1 aliphatic heterocycles. The van der Waals surface area contributed by atoms with Crippen LogP contribution in [0, 0.1) is 5.92 Å². The van der Waals surface area contributed by atoms with Crippen LogP contribution in [-0.2, 0) is 10.3 Å². The van der Waals surface area contributed by atoms with Gasteiger partial charge in [-0.25, -0.2) is 0 Å². The Labute approximate surface area is 128 Å². The highest BCUT2D eigenvalue weighted by Gasteiger charge is 2.54. The van der Waals surface area contributed by atoms with Gasteiger partial charge in [-0.3, -0.25) is 0 Å². The lowest BCUT2D eigenvalue weighted by Crippen LogP contribution is -2.41. The zero-order valence-electron chi connectivity index (χ0n) is 12.2. The van der Waals surface area contributed by atoms with Gasteiger partial charge in [0, 0.05) is 17.3 Å². The van der Waals surface area contributed by atoms with E-state index in [0.29, 0.717) is 0 Å². The Morgan fingerprint density at radius 2 is 2.23 bits per heavy atom. The molecule has 110 valence electrons. The first-order valence-corrected chi connectivity index (χ1v) is 7.31. The summed E-state index contributed by atoms with van der Waals surface area (Å²) < 4.78 is 5.92. The Hall–Kier alpha value is -2.02. The summed E-state index contributed by atoms with van der Waals surface area (Å²) >= 11 is 0. The van der Waals surface area contributed by atoms with E-state index in [1.165, 1.54) is 0 Å². The van der Waals surface area contributed by atoms with Crippen LogP contribution in [0.2, 0.25) is 0 Å². The largest absolute Gasteiger partial charge is 0.488 e. The first-order chi connectivity index (χ1) is 10.6. The van der Waals surface area contributed by atoms with Crippen molar-refractivity contribution in [3.05, 3.63) is 59.7 Å². The summed E-state index contributed by atoms with van der Waals surface area (Å²) in [7, 11) is -0.927. The minimum atomic E-state index is -0.927. The maximum Gasteiger partial charge on any atom is 0.488 e. The second-order valence-electron chi connectivity index (χ2n) is 5.99. The smallest absolute Gasteiger partial charge is 0.423 e. The molecule has 3 N–H and O–H groups in total. The van der Waals surface area contributed by atoms with Crippen molar-refractivity contribution in [2.75, 3.05) is 0 Å². The molecule has 6 heteroatoms. The molecule has 3 atom stereocenters. The van der Waals surface area contributed by atoms with Crippen molar-refractivity contribution < 1.29 is 9.68 Å². The van der Waals surface area contributed by atoms with Crippen molar-refractivity contribution in [1.82, 2.24) is 10.2 Å². The van der Waals surface area contributed by atoms with Gasteiger partial charge >= 0.3 is 7.12 Å². The second-order valence-corrected chi connectivity index (χ2v) is 5.99. The summed E-state index contributed by atoms with van der Waals surface area (Å²) in [5.41, 5.74) is 8.14. The number of fused-ring (bicyclic) bond motifs is 2. The summed E-state index contributed by atoms with van der Waals surface area (Å²) in [6, 6.07) is 7.68. The molecule has 0 bridgehead atoms. The number of hydrogen-bond acceptors (Lipinski definition) is 5. The van der Waals surface area contributed by atoms with Crippen LogP contribution in [0.4, 0.5) is 0 Å². The molecule has 1 aromatic heterocycles. The van der Waals surface area contributed by atoms with Gasteiger partial charge in [-0.1, -0.05) is 30.4 Å². The van der Waals surface area contributed by atoms with Crippen LogP contribution in [0.3, 0.4) is 0 Å². The standard InChI is InChI=1S/C16H16BN3O2/c1-16(11-6-5-10-7-8-19-20-14(10)9-11)15-12(17(21)22-16)3-2-4-13(15)18/h2-9,13,15,21H,18H2,1H3. The molecule has 1 aliphatic carbocycles. The summed E-state index contributed by atoms with van der Waals surface area (Å²) in [6.45, 7) is 1.97. The molecule has 0 saturated carbocycles. The SMILES string of the molecule is CC1(c2ccc3ccnnc3c2)OB(O)C2=CC=CC(N)C21. The van der Waals surface area contributed by atoms with Gasteiger partial charge in [0.05, 0.1) is 17.3 Å². The summed E-state index contributed by atoms with van der Waals surface area (Å²) in [6.07, 6.45) is 7.38. The van der Waals surface area contributed by atoms with E-state index in [0.717, 1.165) is 21.9 Å². The summed E-state index contributed by atoms with van der Waals surface area (Å²) in [4.78, 5) is 0. The lowest BCUT2D eigenvalue weighted by atomic mass is 9.66. The van der Waals surface area contributed by atoms with Crippen molar-refractivity contribution in [1.29, 1.82) is 0 Å². The fourth-order valence-corrected chi connectivity index (χ4v) is 3.56. The van der Waals surface area contributed by atoms with Crippen molar-refractivity contribution in [3.63, 3.8) is 0 Å². The van der Waals surface area contributed by atoms with Crippen molar-refractivity contribution in [2.24, 2.45) is 11.7 Å². The molecule has 0 radical (unpaired) electrons. The Kier molecular flexibility index (Phi) is 2.94. The molecule has 5 nitrogen and oxygen atoms in total. The molecule has 2 heterocycles. The first kappa shape index (κ1) is 13.6. The van der Waals surface area contributed by atoms with Gasteiger partial charge in [0.15, 0.2) is 0 Å². The van der Waals surface area contributed by atoms with Crippen LogP contribution < -0.4 is 5.73 Å². The second kappa shape index (κ2) is 4.74. The van der Waals surface area contributed by atoms with Gasteiger partial charge < -0.3 is 15.4 Å². The third-order valence-electron chi connectivity index (χ3n) is 4.69. The van der Waals surface area contributed by atoms with Crippen molar-refractivity contribution >= 4 is 18.0 Å². The molecule has 1 saturated heterocycles. The molecule has 22 heavy (non-hydrogen) atoms. The number of benzene rings is 1. The predicted molar refractivity (Wildman–Crippen MR) is 84.6 cm³/mol. The van der Waals surface area contributed by atoms with Gasteiger partial charge in [-0.05, 0) is 30.1 Å². The van der Waals surface area contributed by atoms with E-state index in [1.54, 1.807) is 6.20 Å². The Bertz CT molecular complexity index is 807. The van der Waals surface area contributed by atoms with Gasteiger partial charge in [0.2, 0.25) is 0 Å². The Morgan fingerprint density at radius 3 is 3.09 bits per heavy atom. The number of allylic oxidation sites excluding steroid dienone is 2. The van der Waals surface area contributed by atoms with E-state index < -0.39 is 12.7 Å². The summed E-state index contributed by atoms with van der Waals surface area (Å²) in [5.74, 6) is -0.0957. The maximum absolute atomic E-state index is 10.2. The number of rotatable bonds is 1. The number of hydrogen-bond donors (Lipinski definition) is 2. The molecule has 4 rings (SSSR count). The van der Waals surface area contributed by atoms with Gasteiger partial charge in [0.1, 0.15) is 0 Å². The third kappa shape index (κ3) is 1.85. The third-order valence-corrected chi connectivity index (χ3v) is 4.69. The molecule has 1 aromatic carbocycles. The fourth-order valence-electron chi connectivity index (χ4n) is 3.56. The van der Waals surface area contributed by atoms with Crippen LogP contribution in [0.25, 0.3) is 10.9 Å². The number of nitrogens with zero attached hydrogens (tertiary/aromatic N) is 2. The van der Waals surface area contributed by atoms with E-state index in [9.17, 15) is 5.02 Å². The van der Waals surface area contributed by atoms with E-state index >= 15 is 0 Å². The minimum Gasteiger partial charge on any atom is -0.423 e. The predicted octanol–water partition coefficient (Wildman–Crippen LogP) is 1.33. The molecule has 3 unspecified atom stereocenters. The average Bonchev–Trinajstić information content (AvgIpc) is 2.80. The number of aromatic nitrogens is 2. The molecule has 0 amide bonds. The lowest BCUT2D eigenvalue weighted by Gasteiger charge is -2.35. The molecule has 1 fully saturated rings. The minimum absolute atomic E-state index is 0.0957. The zero-order chi connectivity index (χ0) is 15.3. The van der Waals surface area contributed by atoms with E-state index in [-0.39, 0.29) is 12.0 Å². The lowest BCUT2D eigenvalue weighted by molar-refractivity contribution is 0.0476. The molecular formula is C16H16BN3O2. The van der Waals surface area contributed by atoms with Crippen LogP contribution in [-0.4, -0.2) is 28.4 Å². The van der Waals surface area contributed by atoms with Crippen LogP contribution in [0.15, 0.2) is 54.2 Å². The van der Waals surface area contributed by atoms with Crippen LogP contribution in [0.1, 0.15) is 12.5 Å². The zero-order valence-corrected chi connectivity index (χ0v) is 12.2. The maximum atomic E-state index is 10.2. The highest BCUT2D eigenvalue weighted by molar-refractivity contribution is 6.53. The van der Waals surface area contributed by atoms with Crippen molar-refractivity contribution in [2.45, 2.75) is 18.6 Å².